The van der Waals surface area contributed by atoms with E-state index in [1.165, 1.54) is 11.3 Å². The summed E-state index contributed by atoms with van der Waals surface area (Å²) in [4.78, 5) is 18.9. The Bertz CT molecular complexity index is 658. The molecule has 0 saturated carbocycles. The van der Waals surface area contributed by atoms with Gasteiger partial charge >= 0.3 is 0 Å². The summed E-state index contributed by atoms with van der Waals surface area (Å²) in [7, 11) is 0. The van der Waals surface area contributed by atoms with E-state index in [9.17, 15) is 4.79 Å². The molecule has 0 unspecified atom stereocenters. The van der Waals surface area contributed by atoms with E-state index in [4.69, 9.17) is 5.84 Å². The smallest absolute Gasteiger partial charge is 0.219 e. The minimum atomic E-state index is 0.0992. The fraction of sp³-hybridized carbons (Fsp3) is 0.500. The molecule has 0 aromatic carbocycles. The van der Waals surface area contributed by atoms with E-state index in [-0.39, 0.29) is 5.43 Å². The van der Waals surface area contributed by atoms with Gasteiger partial charge in [0.05, 0.1) is 0 Å². The van der Waals surface area contributed by atoms with Crippen LogP contribution in [0.1, 0.15) is 30.2 Å². The maximum Gasteiger partial charge on any atom is 0.219 e. The predicted molar refractivity (Wildman–Crippen MR) is 74.0 cm³/mol. The van der Waals surface area contributed by atoms with E-state index >= 15 is 0 Å². The second kappa shape index (κ2) is 4.37. The Morgan fingerprint density at radius 3 is 2.94 bits per heavy atom. The zero-order valence-corrected chi connectivity index (χ0v) is 11.1. The van der Waals surface area contributed by atoms with Gasteiger partial charge in [0.2, 0.25) is 11.4 Å². The minimum Gasteiger partial charge on any atom is -0.301 e. The van der Waals surface area contributed by atoms with E-state index < -0.39 is 0 Å². The van der Waals surface area contributed by atoms with E-state index in [1.54, 1.807) is 11.3 Å². The molecule has 0 radical (unpaired) electrons. The molecule has 3 rings (SSSR count). The van der Waals surface area contributed by atoms with Crippen LogP contribution in [0.3, 0.4) is 0 Å². The summed E-state index contributed by atoms with van der Waals surface area (Å²) >= 11 is 1.70. The number of aryl methyl sites for hydroxylation is 2. The van der Waals surface area contributed by atoms with Crippen LogP contribution >= 0.6 is 11.3 Å². The van der Waals surface area contributed by atoms with Crippen LogP contribution in [0.15, 0.2) is 4.79 Å². The molecule has 6 heteroatoms. The summed E-state index contributed by atoms with van der Waals surface area (Å²) in [5, 5.41) is 0. The first-order valence-electron chi connectivity index (χ1n) is 6.28. The van der Waals surface area contributed by atoms with Crippen LogP contribution < -0.4 is 16.7 Å². The van der Waals surface area contributed by atoms with Gasteiger partial charge in [0.1, 0.15) is 10.3 Å². The lowest BCUT2D eigenvalue weighted by molar-refractivity contribution is 0.692. The van der Waals surface area contributed by atoms with Crippen molar-refractivity contribution in [2.75, 3.05) is 5.43 Å². The number of rotatable bonds is 2. The van der Waals surface area contributed by atoms with Gasteiger partial charge in [0.25, 0.3) is 0 Å². The Hall–Kier alpha value is -1.40. The summed E-state index contributed by atoms with van der Waals surface area (Å²) in [6.45, 7) is 2.78. The van der Waals surface area contributed by atoms with Gasteiger partial charge < -0.3 is 4.57 Å². The number of nitrogens with one attached hydrogen (secondary N) is 1. The highest BCUT2D eigenvalue weighted by Crippen LogP contribution is 2.29. The van der Waals surface area contributed by atoms with Crippen LogP contribution in [0.2, 0.25) is 0 Å². The number of hydrazine groups is 1. The highest BCUT2D eigenvalue weighted by Gasteiger charge is 2.20. The molecular formula is C12H16N4OS. The summed E-state index contributed by atoms with van der Waals surface area (Å²) < 4.78 is 1.97. The largest absolute Gasteiger partial charge is 0.301 e. The number of nitrogens with two attached hydrogens (primary N) is 1. The third-order valence-corrected chi connectivity index (χ3v) is 4.80. The van der Waals surface area contributed by atoms with E-state index in [0.717, 1.165) is 36.2 Å². The number of hydrogen-bond donors (Lipinski definition) is 2. The van der Waals surface area contributed by atoms with Crippen molar-refractivity contribution in [1.82, 2.24) is 9.55 Å². The molecule has 2 aromatic rings. The van der Waals surface area contributed by atoms with Crippen LogP contribution in [0.5, 0.6) is 0 Å². The molecule has 0 fully saturated rings. The molecule has 1 aliphatic rings. The Balaban J connectivity index is 2.37. The average molecular weight is 264 g/mol. The first-order chi connectivity index (χ1) is 8.76. The van der Waals surface area contributed by atoms with E-state index in [2.05, 4.69) is 10.4 Å². The van der Waals surface area contributed by atoms with Crippen LogP contribution in [-0.4, -0.2) is 9.55 Å². The molecule has 2 heterocycles. The molecule has 0 spiro atoms. The summed E-state index contributed by atoms with van der Waals surface area (Å²) in [5.74, 6) is 6.04. The molecule has 2 aromatic heterocycles. The SMILES string of the molecule is CCn1c(NN)nc2c(=O)c3c(sc21)CCCC3. The first kappa shape index (κ1) is 11.7. The van der Waals surface area contributed by atoms with Gasteiger partial charge in [-0.25, -0.2) is 10.8 Å². The summed E-state index contributed by atoms with van der Waals surface area (Å²) in [6, 6.07) is 0. The standard InChI is InChI=1S/C12H16N4OS/c1-2-16-11-9(14-12(16)15-13)10(17)7-5-3-4-6-8(7)18-11/h2-6,13H2,1H3,(H,14,15). The van der Waals surface area contributed by atoms with Crippen molar-refractivity contribution < 1.29 is 0 Å². The topological polar surface area (TPSA) is 72.9 Å². The number of aromatic nitrogens is 2. The number of hydrogen-bond acceptors (Lipinski definition) is 5. The second-order valence-corrected chi connectivity index (χ2v) is 5.60. The molecule has 0 saturated heterocycles. The van der Waals surface area contributed by atoms with Crippen molar-refractivity contribution >= 4 is 27.6 Å². The van der Waals surface area contributed by atoms with Crippen LogP contribution in [0.25, 0.3) is 10.3 Å². The van der Waals surface area contributed by atoms with Gasteiger partial charge in [-0.3, -0.25) is 10.2 Å². The quantitative estimate of drug-likeness (QED) is 0.639. The minimum absolute atomic E-state index is 0.0992. The van der Waals surface area contributed by atoms with Gasteiger partial charge in [0.15, 0.2) is 0 Å². The van der Waals surface area contributed by atoms with Crippen molar-refractivity contribution in [1.29, 1.82) is 0 Å². The predicted octanol–water partition coefficient (Wildman–Crippen LogP) is 1.64. The molecule has 3 N–H and O–H groups in total. The van der Waals surface area contributed by atoms with E-state index in [1.807, 2.05) is 11.5 Å². The Morgan fingerprint density at radius 1 is 1.44 bits per heavy atom. The highest BCUT2D eigenvalue weighted by molar-refractivity contribution is 7.18. The zero-order valence-electron chi connectivity index (χ0n) is 10.3. The Kier molecular flexibility index (Phi) is 2.83. The van der Waals surface area contributed by atoms with Gasteiger partial charge in [-0.2, -0.15) is 0 Å². The van der Waals surface area contributed by atoms with Gasteiger partial charge in [-0.15, -0.1) is 11.3 Å². The molecular weight excluding hydrogens is 248 g/mol. The molecule has 96 valence electrons. The van der Waals surface area contributed by atoms with Crippen molar-refractivity contribution in [3.05, 3.63) is 20.7 Å². The van der Waals surface area contributed by atoms with Crippen LogP contribution in [-0.2, 0) is 19.4 Å². The fourth-order valence-corrected chi connectivity index (χ4v) is 3.94. The lowest BCUT2D eigenvalue weighted by Gasteiger charge is -2.13. The number of imidazole rings is 1. The van der Waals surface area contributed by atoms with E-state index in [0.29, 0.717) is 11.5 Å². The number of anilines is 1. The molecule has 1 aliphatic carbocycles. The average Bonchev–Trinajstić information content (AvgIpc) is 2.77. The van der Waals surface area contributed by atoms with Crippen LogP contribution in [0, 0.1) is 0 Å². The fourth-order valence-electron chi connectivity index (χ4n) is 2.58. The molecule has 0 bridgehead atoms. The third kappa shape index (κ3) is 1.56. The first-order valence-corrected chi connectivity index (χ1v) is 7.09. The third-order valence-electron chi connectivity index (χ3n) is 3.49. The molecule has 5 nitrogen and oxygen atoms in total. The second-order valence-electron chi connectivity index (χ2n) is 4.52. The van der Waals surface area contributed by atoms with Crippen molar-refractivity contribution in [2.24, 2.45) is 5.84 Å². The van der Waals surface area contributed by atoms with Crippen LogP contribution in [0.4, 0.5) is 5.95 Å². The number of fused-ring (bicyclic) bond motifs is 2. The number of nitrogen functional groups attached to an aromatic ring is 1. The molecule has 18 heavy (non-hydrogen) atoms. The van der Waals surface area contributed by atoms with Gasteiger partial charge in [-0.05, 0) is 32.6 Å². The Morgan fingerprint density at radius 2 is 2.22 bits per heavy atom. The number of nitrogens with zero attached hydrogens (tertiary/aromatic N) is 2. The van der Waals surface area contributed by atoms with Gasteiger partial charge in [-0.1, -0.05) is 0 Å². The normalized spacial score (nSPS) is 14.8. The maximum absolute atomic E-state index is 12.4. The molecule has 0 atom stereocenters. The summed E-state index contributed by atoms with van der Waals surface area (Å²) in [5.41, 5.74) is 4.21. The lowest BCUT2D eigenvalue weighted by atomic mass is 9.98. The summed E-state index contributed by atoms with van der Waals surface area (Å²) in [6.07, 6.45) is 4.20. The van der Waals surface area contributed by atoms with Crippen molar-refractivity contribution in [3.8, 4) is 0 Å². The van der Waals surface area contributed by atoms with Crippen molar-refractivity contribution in [2.45, 2.75) is 39.2 Å². The van der Waals surface area contributed by atoms with Gasteiger partial charge in [0, 0.05) is 17.0 Å². The lowest BCUT2D eigenvalue weighted by Crippen LogP contribution is -2.15. The molecule has 0 amide bonds. The zero-order chi connectivity index (χ0) is 12.7. The monoisotopic (exact) mass is 264 g/mol. The maximum atomic E-state index is 12.4. The van der Waals surface area contributed by atoms with Crippen molar-refractivity contribution in [3.63, 3.8) is 0 Å². The Labute approximate surface area is 109 Å². The highest BCUT2D eigenvalue weighted by atomic mass is 32.1. The molecule has 0 aliphatic heterocycles.